The first kappa shape index (κ1) is 31.5. The van der Waals surface area contributed by atoms with E-state index in [1.54, 1.807) is 0 Å². The lowest BCUT2D eigenvalue weighted by atomic mass is 9.82. The number of ketones is 1. The zero-order chi connectivity index (χ0) is 27.5. The van der Waals surface area contributed by atoms with Crippen LogP contribution >= 0.6 is 0 Å². The number of alkyl carbamates (subject to hydrolysis) is 1. The highest BCUT2D eigenvalue weighted by atomic mass is 28.4. The third-order valence-corrected chi connectivity index (χ3v) is 11.1. The van der Waals surface area contributed by atoms with Crippen molar-refractivity contribution in [3.8, 4) is 0 Å². The van der Waals surface area contributed by atoms with Gasteiger partial charge in [0, 0.05) is 31.5 Å². The molecule has 0 aliphatic carbocycles. The van der Waals surface area contributed by atoms with Gasteiger partial charge in [0.05, 0.1) is 18.6 Å². The zero-order valence-electron chi connectivity index (χ0n) is 22.5. The van der Waals surface area contributed by atoms with Crippen LogP contribution in [0.5, 0.6) is 0 Å². The molecule has 1 heterocycles. The maximum atomic E-state index is 12.9. The Morgan fingerprint density at radius 1 is 1.14 bits per heavy atom. The van der Waals surface area contributed by atoms with Crippen LogP contribution < -0.4 is 16.0 Å². The van der Waals surface area contributed by atoms with Crippen LogP contribution in [-0.4, -0.2) is 76.6 Å². The number of hydrogen-bond donors (Lipinski definition) is 3. The Morgan fingerprint density at radius 2 is 1.75 bits per heavy atom. The molecule has 0 radical (unpaired) electrons. The lowest BCUT2D eigenvalue weighted by Crippen LogP contribution is -2.64. The highest BCUT2D eigenvalue weighted by molar-refractivity contribution is 6.74. The molecule has 36 heavy (non-hydrogen) atoms. The lowest BCUT2D eigenvalue weighted by molar-refractivity contribution is -0.143. The van der Waals surface area contributed by atoms with Gasteiger partial charge in [0.1, 0.15) is 19.0 Å². The fourth-order valence-electron chi connectivity index (χ4n) is 3.53. The predicted molar refractivity (Wildman–Crippen MR) is 140 cm³/mol. The van der Waals surface area contributed by atoms with Crippen LogP contribution in [0.3, 0.4) is 0 Å². The minimum atomic E-state index is -2.08. The number of carbonyl (C=O) groups is 4. The monoisotopic (exact) mass is 525 g/mol. The Balaban J connectivity index is 2.73. The van der Waals surface area contributed by atoms with Crippen LogP contribution in [0.25, 0.3) is 0 Å². The molecule has 4 atom stereocenters. The molecule has 10 nitrogen and oxygen atoms in total. The van der Waals surface area contributed by atoms with Crippen LogP contribution in [-0.2, 0) is 28.3 Å². The number of esters is 1. The number of carbonyl (C=O) groups excluding carboxylic acids is 4. The van der Waals surface area contributed by atoms with E-state index >= 15 is 0 Å². The molecule has 0 saturated carbocycles. The Hall–Kier alpha value is -2.50. The molecule has 1 fully saturated rings. The second kappa shape index (κ2) is 14.3. The van der Waals surface area contributed by atoms with Crippen molar-refractivity contribution < 1.29 is 33.1 Å². The molecule has 3 N–H and O–H groups in total. The van der Waals surface area contributed by atoms with E-state index in [9.17, 15) is 19.2 Å². The van der Waals surface area contributed by atoms with Crippen molar-refractivity contribution in [2.75, 3.05) is 26.3 Å². The lowest BCUT2D eigenvalue weighted by Gasteiger charge is -2.45. The van der Waals surface area contributed by atoms with Crippen molar-refractivity contribution in [2.45, 2.75) is 76.9 Å². The summed E-state index contributed by atoms with van der Waals surface area (Å²) in [7, 11) is -2.08. The van der Waals surface area contributed by atoms with Gasteiger partial charge >= 0.3 is 12.1 Å². The van der Waals surface area contributed by atoms with E-state index in [-0.39, 0.29) is 68.0 Å². The molecule has 204 valence electrons. The Bertz CT molecular complexity index is 782. The molecule has 0 unspecified atom stereocenters. The minimum absolute atomic E-state index is 0.00165. The van der Waals surface area contributed by atoms with Gasteiger partial charge in [-0.15, -0.1) is 0 Å². The van der Waals surface area contributed by atoms with Gasteiger partial charge in [0.2, 0.25) is 5.91 Å². The quantitative estimate of drug-likeness (QED) is 0.121. The summed E-state index contributed by atoms with van der Waals surface area (Å²) < 4.78 is 16.2. The average Bonchev–Trinajstić information content (AvgIpc) is 2.76. The first-order chi connectivity index (χ1) is 16.7. The van der Waals surface area contributed by atoms with Crippen molar-refractivity contribution in [3.63, 3.8) is 0 Å². The van der Waals surface area contributed by atoms with E-state index in [2.05, 4.69) is 63.0 Å². The van der Waals surface area contributed by atoms with E-state index in [0.717, 1.165) is 0 Å². The standard InChI is InChI=1S/C25H43N3O7Si/c1-9-11-33-21(30)16-26-18(15-27-24(32)34-12-10-2)13-19(29)14-20-22(23(31)28-20)17(3)35-36(7,8)25(4,5)6/h9-10,17-18,20,22,26H,1-2,11-16H2,3-8H3,(H,27,32)(H,28,31)/t17-,18+,20-,22-/m1/s1. The van der Waals surface area contributed by atoms with Gasteiger partial charge in [-0.2, -0.15) is 0 Å². The third kappa shape index (κ3) is 10.2. The van der Waals surface area contributed by atoms with Gasteiger partial charge in [-0.3, -0.25) is 14.4 Å². The van der Waals surface area contributed by atoms with Crippen LogP contribution in [0.1, 0.15) is 40.5 Å². The predicted octanol–water partition coefficient (Wildman–Crippen LogP) is 2.46. The summed E-state index contributed by atoms with van der Waals surface area (Å²) in [6, 6.07) is -0.867. The molecule has 1 saturated heterocycles. The van der Waals surface area contributed by atoms with Crippen LogP contribution in [0.2, 0.25) is 18.1 Å². The summed E-state index contributed by atoms with van der Waals surface area (Å²) in [6.07, 6.45) is 2.08. The van der Waals surface area contributed by atoms with Crippen molar-refractivity contribution in [3.05, 3.63) is 25.3 Å². The molecule has 1 rings (SSSR count). The van der Waals surface area contributed by atoms with E-state index in [4.69, 9.17) is 13.9 Å². The second-order valence-electron chi connectivity index (χ2n) is 10.5. The fourth-order valence-corrected chi connectivity index (χ4v) is 4.96. The number of nitrogens with one attached hydrogen (secondary N) is 3. The molecule has 0 bridgehead atoms. The summed E-state index contributed by atoms with van der Waals surface area (Å²) in [4.78, 5) is 48.9. The summed E-state index contributed by atoms with van der Waals surface area (Å²) in [5.74, 6) is -1.16. The van der Waals surface area contributed by atoms with Crippen molar-refractivity contribution >= 4 is 32.1 Å². The van der Waals surface area contributed by atoms with Crippen molar-refractivity contribution in [1.29, 1.82) is 0 Å². The maximum Gasteiger partial charge on any atom is 0.407 e. The molecular formula is C25H43N3O7Si. The normalized spacial score (nSPS) is 19.2. The summed E-state index contributed by atoms with van der Waals surface area (Å²) in [5.41, 5.74) is 0. The molecule has 1 aliphatic rings. The van der Waals surface area contributed by atoms with Crippen LogP contribution in [0.15, 0.2) is 25.3 Å². The largest absolute Gasteiger partial charge is 0.461 e. The molecule has 11 heteroatoms. The fraction of sp³-hybridized carbons (Fsp3) is 0.680. The number of Topliss-reactive ketones (excluding diaryl/α,β-unsaturated/α-hetero) is 1. The highest BCUT2D eigenvalue weighted by Gasteiger charge is 2.47. The van der Waals surface area contributed by atoms with Gasteiger partial charge in [0.25, 0.3) is 0 Å². The van der Waals surface area contributed by atoms with Gasteiger partial charge in [-0.1, -0.05) is 46.1 Å². The molecule has 0 aromatic carbocycles. The molecule has 0 aromatic heterocycles. The average molecular weight is 526 g/mol. The van der Waals surface area contributed by atoms with E-state index < -0.39 is 32.3 Å². The zero-order valence-corrected chi connectivity index (χ0v) is 23.5. The molecule has 0 spiro atoms. The van der Waals surface area contributed by atoms with E-state index in [0.29, 0.717) is 0 Å². The SMILES string of the molecule is C=CCOC(=O)CN[C@H](CNC(=O)OCC=C)CC(=O)C[C@H]1NC(=O)[C@@H]1[C@@H](C)O[Si](C)(C)C(C)(C)C. The van der Waals surface area contributed by atoms with E-state index in [1.807, 2.05) is 6.92 Å². The van der Waals surface area contributed by atoms with Gasteiger partial charge in [0.15, 0.2) is 8.32 Å². The number of hydrogen-bond acceptors (Lipinski definition) is 8. The Kier molecular flexibility index (Phi) is 12.5. The van der Waals surface area contributed by atoms with E-state index in [1.165, 1.54) is 12.2 Å². The maximum absolute atomic E-state index is 12.9. The first-order valence-electron chi connectivity index (χ1n) is 12.2. The van der Waals surface area contributed by atoms with Crippen LogP contribution in [0.4, 0.5) is 4.79 Å². The number of amides is 2. The summed E-state index contributed by atoms with van der Waals surface area (Å²) in [6.45, 7) is 19.6. The van der Waals surface area contributed by atoms with Gasteiger partial charge in [-0.25, -0.2) is 4.79 Å². The number of ether oxygens (including phenoxy) is 2. The molecular weight excluding hydrogens is 482 g/mol. The molecule has 0 aromatic rings. The van der Waals surface area contributed by atoms with Gasteiger partial charge in [-0.05, 0) is 25.1 Å². The van der Waals surface area contributed by atoms with Crippen LogP contribution in [0, 0.1) is 5.92 Å². The van der Waals surface area contributed by atoms with Crippen molar-refractivity contribution in [1.82, 2.24) is 16.0 Å². The highest BCUT2D eigenvalue weighted by Crippen LogP contribution is 2.39. The third-order valence-electron chi connectivity index (χ3n) is 6.50. The number of β-lactam (4-membered cyclic amide) rings is 1. The van der Waals surface area contributed by atoms with Gasteiger partial charge < -0.3 is 29.9 Å². The topological polar surface area (TPSA) is 132 Å². The first-order valence-corrected chi connectivity index (χ1v) is 15.1. The Morgan fingerprint density at radius 3 is 2.31 bits per heavy atom. The van der Waals surface area contributed by atoms with Crippen molar-refractivity contribution in [2.24, 2.45) is 5.92 Å². The number of rotatable bonds is 16. The Labute approximate surface area is 215 Å². The molecule has 2 amide bonds. The smallest absolute Gasteiger partial charge is 0.407 e. The molecule has 1 aliphatic heterocycles. The minimum Gasteiger partial charge on any atom is -0.461 e. The summed E-state index contributed by atoms with van der Waals surface area (Å²) in [5, 5.41) is 8.33. The summed E-state index contributed by atoms with van der Waals surface area (Å²) >= 11 is 0. The second-order valence-corrected chi connectivity index (χ2v) is 15.2.